The van der Waals surface area contributed by atoms with Crippen LogP contribution in [0, 0.1) is 6.92 Å². The molecule has 0 saturated carbocycles. The Bertz CT molecular complexity index is 766. The van der Waals surface area contributed by atoms with E-state index in [2.05, 4.69) is 9.97 Å². The fraction of sp³-hybridized carbons (Fsp3) is 0.0714. The second-order valence-electron chi connectivity index (χ2n) is 4.04. The molecular formula is C14H10N2OS. The zero-order valence-electron chi connectivity index (χ0n) is 9.75. The number of rotatable bonds is 1. The molecule has 0 unspecified atom stereocenters. The topological polar surface area (TPSA) is 42.9 Å². The zero-order chi connectivity index (χ0) is 12.5. The first-order valence-electron chi connectivity index (χ1n) is 5.57. The Morgan fingerprint density at radius 1 is 1.17 bits per heavy atom. The number of nitrogens with zero attached hydrogens (tertiary/aromatic N) is 2. The summed E-state index contributed by atoms with van der Waals surface area (Å²) in [5.74, 6) is 0. The third-order valence-electron chi connectivity index (χ3n) is 2.66. The van der Waals surface area contributed by atoms with Crippen LogP contribution in [0.1, 0.15) is 5.56 Å². The molecule has 3 nitrogen and oxygen atoms in total. The van der Waals surface area contributed by atoms with Gasteiger partial charge < -0.3 is 0 Å². The quantitative estimate of drug-likeness (QED) is 0.670. The number of pyridine rings is 1. The smallest absolute Gasteiger partial charge is 0.267 e. The third-order valence-corrected chi connectivity index (χ3v) is 3.73. The summed E-state index contributed by atoms with van der Waals surface area (Å²) in [4.78, 5) is 20.3. The monoisotopic (exact) mass is 254 g/mol. The third kappa shape index (κ3) is 1.91. The van der Waals surface area contributed by atoms with Crippen molar-refractivity contribution in [2.45, 2.75) is 6.92 Å². The molecule has 2 aromatic heterocycles. The Kier molecular flexibility index (Phi) is 2.64. The van der Waals surface area contributed by atoms with Crippen LogP contribution in [0.4, 0.5) is 0 Å². The number of aryl methyl sites for hydroxylation is 1. The van der Waals surface area contributed by atoms with E-state index in [1.807, 2.05) is 43.3 Å². The lowest BCUT2D eigenvalue weighted by Gasteiger charge is -2.01. The molecule has 88 valence electrons. The Hall–Kier alpha value is -2.07. The lowest BCUT2D eigenvalue weighted by molar-refractivity contribution is 1.25. The number of hydrogen-bond donors (Lipinski definition) is 0. The average molecular weight is 254 g/mol. The van der Waals surface area contributed by atoms with E-state index in [1.165, 1.54) is 11.3 Å². The molecule has 1 aromatic carbocycles. The maximum Gasteiger partial charge on any atom is 0.279 e. The van der Waals surface area contributed by atoms with E-state index in [0.717, 1.165) is 16.0 Å². The van der Waals surface area contributed by atoms with Crippen molar-refractivity contribution in [2.75, 3.05) is 0 Å². The maximum atomic E-state index is 12.0. The van der Waals surface area contributed by atoms with Gasteiger partial charge in [-0.25, -0.2) is 0 Å². The summed E-state index contributed by atoms with van der Waals surface area (Å²) >= 11 is 1.49. The van der Waals surface area contributed by atoms with Gasteiger partial charge in [-0.3, -0.25) is 9.78 Å². The predicted octanol–water partition coefficient (Wildman–Crippen LogP) is 3.03. The average Bonchev–Trinajstić information content (AvgIpc) is 2.40. The van der Waals surface area contributed by atoms with Crippen LogP contribution in [0.5, 0.6) is 0 Å². The molecule has 0 fully saturated rings. The first kappa shape index (κ1) is 11.0. The number of benzene rings is 1. The van der Waals surface area contributed by atoms with Gasteiger partial charge in [-0.05, 0) is 31.2 Å². The molecule has 0 aliphatic rings. The van der Waals surface area contributed by atoms with Gasteiger partial charge in [0, 0.05) is 10.9 Å². The summed E-state index contributed by atoms with van der Waals surface area (Å²) < 4.78 is 0.946. The molecule has 0 saturated heterocycles. The predicted molar refractivity (Wildman–Crippen MR) is 73.9 cm³/mol. The lowest BCUT2D eigenvalue weighted by Crippen LogP contribution is -2.06. The largest absolute Gasteiger partial charge is 0.279 e. The van der Waals surface area contributed by atoms with E-state index in [9.17, 15) is 4.79 Å². The first-order valence-corrected chi connectivity index (χ1v) is 6.38. The Balaban J connectivity index is 2.29. The normalized spacial score (nSPS) is 10.7. The van der Waals surface area contributed by atoms with Crippen molar-refractivity contribution in [1.82, 2.24) is 9.97 Å². The molecule has 3 rings (SSSR count). The summed E-state index contributed by atoms with van der Waals surface area (Å²) in [6.07, 6.45) is 1.70. The SMILES string of the molecule is Cc1ccc2sc(-c3ccccn3)nc(=O)c2c1. The molecule has 0 spiro atoms. The highest BCUT2D eigenvalue weighted by Crippen LogP contribution is 2.24. The molecule has 0 aliphatic heterocycles. The summed E-state index contributed by atoms with van der Waals surface area (Å²) in [5.41, 5.74) is 1.62. The van der Waals surface area contributed by atoms with Gasteiger partial charge in [-0.1, -0.05) is 17.7 Å². The van der Waals surface area contributed by atoms with Crippen molar-refractivity contribution in [2.24, 2.45) is 0 Å². The highest BCUT2D eigenvalue weighted by atomic mass is 32.1. The van der Waals surface area contributed by atoms with E-state index < -0.39 is 0 Å². The molecule has 2 heterocycles. The van der Waals surface area contributed by atoms with Crippen LogP contribution in [0.3, 0.4) is 0 Å². The van der Waals surface area contributed by atoms with Crippen LogP contribution >= 0.6 is 11.3 Å². The highest BCUT2D eigenvalue weighted by Gasteiger charge is 2.07. The molecule has 0 aliphatic carbocycles. The van der Waals surface area contributed by atoms with E-state index in [-0.39, 0.29) is 5.56 Å². The first-order chi connectivity index (χ1) is 8.74. The van der Waals surface area contributed by atoms with E-state index in [1.54, 1.807) is 6.20 Å². The summed E-state index contributed by atoms with van der Waals surface area (Å²) in [6.45, 7) is 1.97. The molecule has 18 heavy (non-hydrogen) atoms. The Morgan fingerprint density at radius 2 is 2.06 bits per heavy atom. The molecule has 4 heteroatoms. The Labute approximate surface area is 108 Å². The number of fused-ring (bicyclic) bond motifs is 1. The van der Waals surface area contributed by atoms with Crippen LogP contribution in [0.25, 0.3) is 20.8 Å². The van der Waals surface area contributed by atoms with E-state index in [4.69, 9.17) is 0 Å². The van der Waals surface area contributed by atoms with Gasteiger partial charge in [0.15, 0.2) is 0 Å². The second-order valence-corrected chi connectivity index (χ2v) is 5.07. The molecule has 3 aromatic rings. The van der Waals surface area contributed by atoms with Gasteiger partial charge in [0.2, 0.25) is 0 Å². The van der Waals surface area contributed by atoms with Crippen LogP contribution in [0.15, 0.2) is 47.4 Å². The summed E-state index contributed by atoms with van der Waals surface area (Å²) in [7, 11) is 0. The minimum Gasteiger partial charge on any atom is -0.267 e. The molecule has 0 radical (unpaired) electrons. The van der Waals surface area contributed by atoms with Gasteiger partial charge in [0.05, 0.1) is 11.1 Å². The van der Waals surface area contributed by atoms with Crippen molar-refractivity contribution in [3.05, 3.63) is 58.5 Å². The van der Waals surface area contributed by atoms with Gasteiger partial charge in [0.1, 0.15) is 5.01 Å². The van der Waals surface area contributed by atoms with Crippen LogP contribution < -0.4 is 5.56 Å². The van der Waals surface area contributed by atoms with Crippen molar-refractivity contribution in [1.29, 1.82) is 0 Å². The summed E-state index contributed by atoms with van der Waals surface area (Å²) in [5, 5.41) is 1.34. The van der Waals surface area contributed by atoms with Crippen molar-refractivity contribution >= 4 is 21.4 Å². The molecule has 0 amide bonds. The van der Waals surface area contributed by atoms with Crippen molar-refractivity contribution in [3.8, 4) is 10.7 Å². The van der Waals surface area contributed by atoms with Gasteiger partial charge >= 0.3 is 0 Å². The molecule has 0 bridgehead atoms. The zero-order valence-corrected chi connectivity index (χ0v) is 10.6. The maximum absolute atomic E-state index is 12.0. The summed E-state index contributed by atoms with van der Waals surface area (Å²) in [6, 6.07) is 11.4. The lowest BCUT2D eigenvalue weighted by atomic mass is 10.2. The van der Waals surface area contributed by atoms with Crippen LogP contribution in [0.2, 0.25) is 0 Å². The molecular weight excluding hydrogens is 244 g/mol. The standard InChI is InChI=1S/C14H10N2OS/c1-9-5-6-12-10(8-9)13(17)16-14(18-12)11-4-2-3-7-15-11/h2-8H,1H3. The van der Waals surface area contributed by atoms with Crippen LogP contribution in [-0.4, -0.2) is 9.97 Å². The van der Waals surface area contributed by atoms with Crippen LogP contribution in [-0.2, 0) is 0 Å². The fourth-order valence-corrected chi connectivity index (χ4v) is 2.73. The van der Waals surface area contributed by atoms with E-state index >= 15 is 0 Å². The minimum atomic E-state index is -0.187. The van der Waals surface area contributed by atoms with Gasteiger partial charge in [-0.15, -0.1) is 11.3 Å². The van der Waals surface area contributed by atoms with E-state index in [0.29, 0.717) is 10.4 Å². The highest BCUT2D eigenvalue weighted by molar-refractivity contribution is 7.21. The fourth-order valence-electron chi connectivity index (χ4n) is 1.78. The Morgan fingerprint density at radius 3 is 2.83 bits per heavy atom. The number of hydrogen-bond acceptors (Lipinski definition) is 4. The van der Waals surface area contributed by atoms with Crippen molar-refractivity contribution < 1.29 is 0 Å². The van der Waals surface area contributed by atoms with Gasteiger partial charge in [0.25, 0.3) is 5.56 Å². The van der Waals surface area contributed by atoms with Crippen molar-refractivity contribution in [3.63, 3.8) is 0 Å². The second kappa shape index (κ2) is 4.31. The number of aromatic nitrogens is 2. The molecule has 0 N–H and O–H groups in total. The van der Waals surface area contributed by atoms with Gasteiger partial charge in [-0.2, -0.15) is 4.98 Å². The molecule has 0 atom stereocenters. The minimum absolute atomic E-state index is 0.187.